The number of carboxylic acid groups (broad SMARTS) is 1. The predicted molar refractivity (Wildman–Crippen MR) is 70.8 cm³/mol. The lowest BCUT2D eigenvalue weighted by molar-refractivity contribution is -0.138. The molecule has 94 valence electrons. The van der Waals surface area contributed by atoms with Crippen molar-refractivity contribution >= 4 is 42.5 Å². The third-order valence-corrected chi connectivity index (χ3v) is 2.27. The SMILES string of the molecule is Nc1cc(Cl)ccc1C(=O)C[C@H](N)C(=O)O.S. The van der Waals surface area contributed by atoms with Crippen LogP contribution in [0.2, 0.25) is 5.02 Å². The smallest absolute Gasteiger partial charge is 0.320 e. The van der Waals surface area contributed by atoms with Gasteiger partial charge >= 0.3 is 5.97 Å². The number of anilines is 1. The molecule has 0 saturated heterocycles. The molecule has 5 nitrogen and oxygen atoms in total. The van der Waals surface area contributed by atoms with E-state index in [-0.39, 0.29) is 31.2 Å². The van der Waals surface area contributed by atoms with Crippen molar-refractivity contribution in [2.24, 2.45) is 5.73 Å². The van der Waals surface area contributed by atoms with E-state index in [2.05, 4.69) is 0 Å². The van der Waals surface area contributed by atoms with Gasteiger partial charge in [-0.1, -0.05) is 11.6 Å². The highest BCUT2D eigenvalue weighted by Crippen LogP contribution is 2.19. The van der Waals surface area contributed by atoms with E-state index in [0.717, 1.165) is 0 Å². The maximum atomic E-state index is 11.6. The summed E-state index contributed by atoms with van der Waals surface area (Å²) in [6, 6.07) is 3.18. The van der Waals surface area contributed by atoms with Gasteiger partial charge < -0.3 is 16.6 Å². The lowest BCUT2D eigenvalue weighted by Gasteiger charge is -2.07. The molecule has 5 N–H and O–H groups in total. The van der Waals surface area contributed by atoms with E-state index in [1.165, 1.54) is 18.2 Å². The Labute approximate surface area is 110 Å². The molecule has 1 rings (SSSR count). The first-order chi connectivity index (χ1) is 7.41. The number of benzene rings is 1. The number of carbonyl (C=O) groups is 2. The number of rotatable bonds is 4. The van der Waals surface area contributed by atoms with E-state index in [4.69, 9.17) is 28.2 Å². The molecule has 17 heavy (non-hydrogen) atoms. The standard InChI is InChI=1S/C10H11ClN2O3.H2S/c11-5-1-2-6(7(12)3-5)9(14)4-8(13)10(15)16;/h1-3,8H,4,12-13H2,(H,15,16);1H2/t8-;/m0./s1. The highest BCUT2D eigenvalue weighted by Gasteiger charge is 2.18. The van der Waals surface area contributed by atoms with Gasteiger partial charge in [-0.05, 0) is 18.2 Å². The second-order valence-electron chi connectivity index (χ2n) is 3.30. The first-order valence-electron chi connectivity index (χ1n) is 4.48. The molecule has 0 aliphatic heterocycles. The van der Waals surface area contributed by atoms with Gasteiger partial charge in [0, 0.05) is 22.7 Å². The van der Waals surface area contributed by atoms with E-state index < -0.39 is 17.8 Å². The van der Waals surface area contributed by atoms with Crippen LogP contribution in [-0.2, 0) is 4.79 Å². The summed E-state index contributed by atoms with van der Waals surface area (Å²) in [5, 5.41) is 8.98. The molecule has 1 atom stereocenters. The maximum absolute atomic E-state index is 11.6. The van der Waals surface area contributed by atoms with Gasteiger partial charge in [0.15, 0.2) is 5.78 Å². The van der Waals surface area contributed by atoms with Crippen LogP contribution in [0.1, 0.15) is 16.8 Å². The summed E-state index contributed by atoms with van der Waals surface area (Å²) in [6.45, 7) is 0. The minimum absolute atomic E-state index is 0. The zero-order chi connectivity index (χ0) is 12.3. The van der Waals surface area contributed by atoms with Gasteiger partial charge in [-0.2, -0.15) is 13.5 Å². The minimum atomic E-state index is -1.22. The number of ketones is 1. The predicted octanol–water partition coefficient (Wildman–Crippen LogP) is 1.02. The Morgan fingerprint density at radius 1 is 1.41 bits per heavy atom. The fourth-order valence-corrected chi connectivity index (χ4v) is 1.37. The summed E-state index contributed by atoms with van der Waals surface area (Å²) >= 11 is 5.67. The van der Waals surface area contributed by atoms with E-state index in [0.29, 0.717) is 5.02 Å². The number of Topliss-reactive ketones (excluding diaryl/α,β-unsaturated/α-hetero) is 1. The molecule has 1 aromatic rings. The molecule has 0 fully saturated rings. The topological polar surface area (TPSA) is 106 Å². The van der Waals surface area contributed by atoms with Crippen LogP contribution < -0.4 is 11.5 Å². The third-order valence-electron chi connectivity index (χ3n) is 2.04. The van der Waals surface area contributed by atoms with Crippen molar-refractivity contribution in [1.29, 1.82) is 0 Å². The summed E-state index contributed by atoms with van der Waals surface area (Å²) in [6.07, 6.45) is -0.291. The average Bonchev–Trinajstić information content (AvgIpc) is 2.16. The van der Waals surface area contributed by atoms with Gasteiger partial charge in [-0.25, -0.2) is 0 Å². The van der Waals surface area contributed by atoms with Crippen molar-refractivity contribution in [3.05, 3.63) is 28.8 Å². The van der Waals surface area contributed by atoms with Crippen LogP contribution >= 0.6 is 25.1 Å². The van der Waals surface area contributed by atoms with Crippen LogP contribution in [-0.4, -0.2) is 22.9 Å². The second kappa shape index (κ2) is 6.48. The number of hydrogen-bond donors (Lipinski definition) is 3. The molecule has 0 aliphatic carbocycles. The summed E-state index contributed by atoms with van der Waals surface area (Å²) < 4.78 is 0. The summed E-state index contributed by atoms with van der Waals surface area (Å²) in [5.74, 6) is -1.63. The number of carbonyl (C=O) groups excluding carboxylic acids is 1. The number of aliphatic carboxylic acids is 1. The highest BCUT2D eigenvalue weighted by molar-refractivity contribution is 7.59. The lowest BCUT2D eigenvalue weighted by atomic mass is 10.0. The van der Waals surface area contributed by atoms with Crippen LogP contribution in [0.4, 0.5) is 5.69 Å². The molecule has 1 aromatic carbocycles. The summed E-state index contributed by atoms with van der Waals surface area (Å²) in [5.41, 5.74) is 11.3. The number of halogens is 1. The largest absolute Gasteiger partial charge is 0.480 e. The number of nitrogens with two attached hydrogens (primary N) is 2. The Hall–Kier alpha value is -1.24. The molecule has 7 heteroatoms. The Balaban J connectivity index is 0.00000256. The molecular weight excluding hydrogens is 264 g/mol. The second-order valence-corrected chi connectivity index (χ2v) is 3.74. The highest BCUT2D eigenvalue weighted by atomic mass is 35.5. The molecule has 0 spiro atoms. The monoisotopic (exact) mass is 276 g/mol. The molecule has 0 unspecified atom stereocenters. The van der Waals surface area contributed by atoms with Crippen molar-refractivity contribution in [1.82, 2.24) is 0 Å². The molecule has 0 saturated carbocycles. The Kier molecular flexibility index (Phi) is 6.01. The molecule has 0 aliphatic rings. The normalized spacial score (nSPS) is 11.4. The molecule has 0 radical (unpaired) electrons. The van der Waals surface area contributed by atoms with Crippen molar-refractivity contribution in [2.45, 2.75) is 12.5 Å². The van der Waals surface area contributed by atoms with Gasteiger partial charge in [0.1, 0.15) is 6.04 Å². The van der Waals surface area contributed by atoms with Gasteiger partial charge in [-0.15, -0.1) is 0 Å². The Morgan fingerprint density at radius 2 is 2.00 bits per heavy atom. The van der Waals surface area contributed by atoms with Crippen LogP contribution in [0.15, 0.2) is 18.2 Å². The van der Waals surface area contributed by atoms with E-state index in [9.17, 15) is 9.59 Å². The first-order valence-corrected chi connectivity index (χ1v) is 4.86. The quantitative estimate of drug-likeness (QED) is 0.562. The van der Waals surface area contributed by atoms with Gasteiger partial charge in [0.2, 0.25) is 0 Å². The van der Waals surface area contributed by atoms with Crippen LogP contribution in [0.5, 0.6) is 0 Å². The number of nitrogen functional groups attached to an aromatic ring is 1. The van der Waals surface area contributed by atoms with Crippen molar-refractivity contribution in [3.8, 4) is 0 Å². The Bertz CT molecular complexity index is 440. The van der Waals surface area contributed by atoms with E-state index >= 15 is 0 Å². The van der Waals surface area contributed by atoms with Gasteiger partial charge in [0.25, 0.3) is 0 Å². The summed E-state index contributed by atoms with van der Waals surface area (Å²) in [7, 11) is 0. The molecule has 0 amide bonds. The van der Waals surface area contributed by atoms with E-state index in [1.807, 2.05) is 0 Å². The molecule has 0 heterocycles. The Morgan fingerprint density at radius 3 is 2.47 bits per heavy atom. The van der Waals surface area contributed by atoms with Gasteiger partial charge in [-0.3, -0.25) is 9.59 Å². The van der Waals surface area contributed by atoms with Gasteiger partial charge in [0.05, 0.1) is 0 Å². The van der Waals surface area contributed by atoms with Crippen LogP contribution in [0.3, 0.4) is 0 Å². The van der Waals surface area contributed by atoms with Crippen LogP contribution in [0, 0.1) is 0 Å². The maximum Gasteiger partial charge on any atom is 0.320 e. The zero-order valence-corrected chi connectivity index (χ0v) is 10.6. The fourth-order valence-electron chi connectivity index (χ4n) is 1.18. The fraction of sp³-hybridized carbons (Fsp3) is 0.200. The van der Waals surface area contributed by atoms with Crippen molar-refractivity contribution in [2.75, 3.05) is 5.73 Å². The average molecular weight is 277 g/mol. The number of carboxylic acids is 1. The van der Waals surface area contributed by atoms with Crippen molar-refractivity contribution < 1.29 is 14.7 Å². The van der Waals surface area contributed by atoms with E-state index in [1.54, 1.807) is 0 Å². The summed E-state index contributed by atoms with van der Waals surface area (Å²) in [4.78, 5) is 22.1. The number of hydrogen-bond acceptors (Lipinski definition) is 4. The first kappa shape index (κ1) is 15.8. The molecule has 0 aromatic heterocycles. The zero-order valence-electron chi connectivity index (χ0n) is 8.81. The van der Waals surface area contributed by atoms with Crippen molar-refractivity contribution in [3.63, 3.8) is 0 Å². The van der Waals surface area contributed by atoms with Crippen LogP contribution in [0.25, 0.3) is 0 Å². The minimum Gasteiger partial charge on any atom is -0.480 e. The molecular formula is C10H13ClN2O3S. The lowest BCUT2D eigenvalue weighted by Crippen LogP contribution is -2.32. The molecule has 0 bridgehead atoms. The third kappa shape index (κ3) is 4.26.